The van der Waals surface area contributed by atoms with Crippen LogP contribution in [0.2, 0.25) is 0 Å². The lowest BCUT2D eigenvalue weighted by Gasteiger charge is -2.18. The van der Waals surface area contributed by atoms with Gasteiger partial charge in [-0.3, -0.25) is 9.59 Å². The lowest BCUT2D eigenvalue weighted by Crippen LogP contribution is -2.42. The molecule has 0 fully saturated rings. The van der Waals surface area contributed by atoms with Crippen molar-refractivity contribution in [1.82, 2.24) is 0 Å². The second-order valence-electron chi connectivity index (χ2n) is 4.48. The Morgan fingerprint density at radius 3 is 1.78 bits per heavy atom. The van der Waals surface area contributed by atoms with E-state index < -0.39 is 36.4 Å². The lowest BCUT2D eigenvalue weighted by molar-refractivity contribution is -0.170. The van der Waals surface area contributed by atoms with Crippen molar-refractivity contribution in [2.75, 3.05) is 12.3 Å². The molecule has 128 valence electrons. The molecular weight excluding hydrogens is 310 g/mol. The van der Waals surface area contributed by atoms with Crippen molar-refractivity contribution in [3.8, 4) is 5.75 Å². The molecule has 1 aromatic rings. The number of ether oxygens (including phenoxy) is 1. The highest BCUT2D eigenvalue weighted by Crippen LogP contribution is 2.15. The Kier molecular flexibility index (Phi) is 8.13. The first-order valence-corrected chi connectivity index (χ1v) is 6.48. The van der Waals surface area contributed by atoms with Crippen molar-refractivity contribution in [2.45, 2.75) is 25.4 Å². The summed E-state index contributed by atoms with van der Waals surface area (Å²) in [5.74, 6) is -4.15. The molecule has 0 aliphatic carbocycles. The molecule has 0 aromatic heterocycles. The van der Waals surface area contributed by atoms with E-state index in [1.165, 1.54) is 0 Å². The zero-order valence-corrected chi connectivity index (χ0v) is 12.4. The van der Waals surface area contributed by atoms with E-state index in [0.29, 0.717) is 6.61 Å². The van der Waals surface area contributed by atoms with Crippen LogP contribution >= 0.6 is 0 Å². The zero-order chi connectivity index (χ0) is 18.0. The van der Waals surface area contributed by atoms with E-state index in [1.54, 1.807) is 0 Å². The molecule has 0 saturated heterocycles. The molecule has 0 atom stereocenters. The summed E-state index contributed by atoms with van der Waals surface area (Å²) >= 11 is 0. The van der Waals surface area contributed by atoms with Crippen LogP contribution in [-0.2, 0) is 14.4 Å². The van der Waals surface area contributed by atoms with Crippen LogP contribution in [0.4, 0.5) is 5.69 Å². The van der Waals surface area contributed by atoms with Crippen LogP contribution < -0.4 is 10.5 Å². The number of benzene rings is 1. The summed E-state index contributed by atoms with van der Waals surface area (Å²) < 4.78 is 5.21. The highest BCUT2D eigenvalue weighted by molar-refractivity contribution is 5.88. The Balaban J connectivity index is 0.000000433. The molecule has 0 aliphatic rings. The van der Waals surface area contributed by atoms with Crippen LogP contribution in [-0.4, -0.2) is 50.5 Å². The Hall–Kier alpha value is -2.81. The van der Waals surface area contributed by atoms with E-state index in [1.807, 2.05) is 31.2 Å². The van der Waals surface area contributed by atoms with Gasteiger partial charge in [0.1, 0.15) is 5.75 Å². The van der Waals surface area contributed by atoms with E-state index in [9.17, 15) is 14.4 Å². The Labute approximate surface area is 131 Å². The molecule has 1 aromatic carbocycles. The second kappa shape index (κ2) is 9.26. The standard InChI is InChI=1S/C8H11NO.C6H8O7/c1-2-10-8-5-3-7(9)4-6-8;7-3(8)1-6(13,5(11)12)2-4(9)10/h3-6H,2,9H2,1H3;13H,1-2H2,(H,7,8)(H,9,10)(H,11,12). The average Bonchev–Trinajstić information content (AvgIpc) is 2.40. The maximum Gasteiger partial charge on any atom is 0.336 e. The van der Waals surface area contributed by atoms with Crippen molar-refractivity contribution in [2.24, 2.45) is 0 Å². The zero-order valence-electron chi connectivity index (χ0n) is 12.4. The Morgan fingerprint density at radius 2 is 1.48 bits per heavy atom. The number of anilines is 1. The maximum absolute atomic E-state index is 10.3. The third-order valence-corrected chi connectivity index (χ3v) is 2.48. The van der Waals surface area contributed by atoms with Gasteiger partial charge < -0.3 is 30.9 Å². The summed E-state index contributed by atoms with van der Waals surface area (Å²) in [6, 6.07) is 7.37. The lowest BCUT2D eigenvalue weighted by atomic mass is 9.96. The molecule has 0 spiro atoms. The van der Waals surface area contributed by atoms with E-state index in [0.717, 1.165) is 11.4 Å². The average molecular weight is 329 g/mol. The summed E-state index contributed by atoms with van der Waals surface area (Å²) in [6.45, 7) is 2.65. The molecule has 9 nitrogen and oxygen atoms in total. The van der Waals surface area contributed by atoms with Gasteiger partial charge in [-0.2, -0.15) is 0 Å². The number of aliphatic carboxylic acids is 3. The van der Waals surface area contributed by atoms with Crippen molar-refractivity contribution in [3.05, 3.63) is 24.3 Å². The molecule has 0 aliphatic heterocycles. The summed E-state index contributed by atoms with van der Waals surface area (Å²) in [5, 5.41) is 33.8. The number of hydrogen-bond acceptors (Lipinski definition) is 6. The van der Waals surface area contributed by atoms with Crippen LogP contribution in [0.15, 0.2) is 24.3 Å². The van der Waals surface area contributed by atoms with E-state index in [-0.39, 0.29) is 0 Å². The summed E-state index contributed by atoms with van der Waals surface area (Å²) in [6.07, 6.45) is -2.29. The number of carboxylic acids is 3. The summed E-state index contributed by atoms with van der Waals surface area (Å²) in [4.78, 5) is 30.5. The molecule has 0 heterocycles. The van der Waals surface area contributed by atoms with Gasteiger partial charge in [0, 0.05) is 5.69 Å². The number of carboxylic acid groups (broad SMARTS) is 3. The molecule has 6 N–H and O–H groups in total. The van der Waals surface area contributed by atoms with Crippen LogP contribution in [0.25, 0.3) is 0 Å². The first-order chi connectivity index (χ1) is 10.6. The minimum absolute atomic E-state index is 0.698. The first-order valence-electron chi connectivity index (χ1n) is 6.48. The van der Waals surface area contributed by atoms with Gasteiger partial charge in [0.2, 0.25) is 0 Å². The second-order valence-corrected chi connectivity index (χ2v) is 4.48. The molecule has 9 heteroatoms. The van der Waals surface area contributed by atoms with Gasteiger partial charge in [0.05, 0.1) is 19.4 Å². The number of aliphatic hydroxyl groups is 1. The number of nitrogen functional groups attached to an aromatic ring is 1. The van der Waals surface area contributed by atoms with Crippen molar-refractivity contribution >= 4 is 23.6 Å². The number of nitrogens with two attached hydrogens (primary N) is 1. The number of carbonyl (C=O) groups is 3. The number of hydrogen-bond donors (Lipinski definition) is 5. The van der Waals surface area contributed by atoms with E-state index in [2.05, 4.69) is 0 Å². The predicted molar refractivity (Wildman–Crippen MR) is 79.1 cm³/mol. The molecule has 0 saturated carbocycles. The Morgan fingerprint density at radius 1 is 1.04 bits per heavy atom. The molecule has 0 radical (unpaired) electrons. The van der Waals surface area contributed by atoms with Gasteiger partial charge >= 0.3 is 17.9 Å². The molecule has 0 amide bonds. The summed E-state index contributed by atoms with van der Waals surface area (Å²) in [5.41, 5.74) is 3.50. The molecule has 0 bridgehead atoms. The van der Waals surface area contributed by atoms with Crippen molar-refractivity contribution < 1.29 is 39.5 Å². The summed E-state index contributed by atoms with van der Waals surface area (Å²) in [7, 11) is 0. The van der Waals surface area contributed by atoms with Crippen LogP contribution in [0, 0.1) is 0 Å². The van der Waals surface area contributed by atoms with Gasteiger partial charge in [0.25, 0.3) is 0 Å². The predicted octanol–water partition coefficient (Wildman–Crippen LogP) is 0.419. The third kappa shape index (κ3) is 8.27. The minimum atomic E-state index is -2.74. The van der Waals surface area contributed by atoms with Gasteiger partial charge in [-0.15, -0.1) is 0 Å². The van der Waals surface area contributed by atoms with Gasteiger partial charge in [-0.1, -0.05) is 0 Å². The largest absolute Gasteiger partial charge is 0.494 e. The maximum atomic E-state index is 10.3. The van der Waals surface area contributed by atoms with Crippen LogP contribution in [0.3, 0.4) is 0 Å². The van der Waals surface area contributed by atoms with Gasteiger partial charge in [0.15, 0.2) is 5.60 Å². The van der Waals surface area contributed by atoms with Crippen LogP contribution in [0.5, 0.6) is 5.75 Å². The molecular formula is C14H19NO8. The fraction of sp³-hybridized carbons (Fsp3) is 0.357. The minimum Gasteiger partial charge on any atom is -0.494 e. The normalized spacial score (nSPS) is 10.2. The third-order valence-electron chi connectivity index (χ3n) is 2.48. The monoisotopic (exact) mass is 329 g/mol. The van der Waals surface area contributed by atoms with Gasteiger partial charge in [-0.05, 0) is 31.2 Å². The van der Waals surface area contributed by atoms with Crippen molar-refractivity contribution in [3.63, 3.8) is 0 Å². The van der Waals surface area contributed by atoms with Crippen LogP contribution in [0.1, 0.15) is 19.8 Å². The fourth-order valence-corrected chi connectivity index (χ4v) is 1.44. The fourth-order valence-electron chi connectivity index (χ4n) is 1.44. The Bertz CT molecular complexity index is 524. The van der Waals surface area contributed by atoms with Gasteiger partial charge in [-0.25, -0.2) is 4.79 Å². The van der Waals surface area contributed by atoms with Crippen molar-refractivity contribution in [1.29, 1.82) is 0 Å². The highest BCUT2D eigenvalue weighted by Gasteiger charge is 2.40. The first kappa shape index (κ1) is 20.2. The highest BCUT2D eigenvalue weighted by atomic mass is 16.5. The smallest absolute Gasteiger partial charge is 0.336 e. The molecule has 0 unspecified atom stereocenters. The van der Waals surface area contributed by atoms with E-state index >= 15 is 0 Å². The molecule has 1 rings (SSSR count). The SMILES string of the molecule is CCOc1ccc(N)cc1.O=C(O)CC(O)(CC(=O)O)C(=O)O. The topological polar surface area (TPSA) is 167 Å². The molecule has 23 heavy (non-hydrogen) atoms. The quantitative estimate of drug-likeness (QED) is 0.445. The number of rotatable bonds is 7. The van der Waals surface area contributed by atoms with E-state index in [4.69, 9.17) is 30.9 Å².